The monoisotopic (exact) mass is 362 g/mol. The first-order valence-corrected chi connectivity index (χ1v) is 8.33. The van der Waals surface area contributed by atoms with E-state index >= 15 is 0 Å². The largest absolute Gasteiger partial charge is 0.352 e. The zero-order chi connectivity index (χ0) is 17.3. The number of nitrogens with one attached hydrogen (secondary N) is 1. The van der Waals surface area contributed by atoms with Gasteiger partial charge in [0.1, 0.15) is 6.04 Å². The third-order valence-corrected chi connectivity index (χ3v) is 4.77. The van der Waals surface area contributed by atoms with E-state index in [2.05, 4.69) is 5.32 Å². The van der Waals surface area contributed by atoms with E-state index < -0.39 is 6.04 Å². The first kappa shape index (κ1) is 16.8. The molecule has 124 valence electrons. The van der Waals surface area contributed by atoms with Gasteiger partial charge in [-0.05, 0) is 30.7 Å². The van der Waals surface area contributed by atoms with Gasteiger partial charge in [0.05, 0.1) is 10.0 Å². The van der Waals surface area contributed by atoms with Gasteiger partial charge in [-0.2, -0.15) is 0 Å². The van der Waals surface area contributed by atoms with Crippen LogP contribution in [-0.4, -0.2) is 29.8 Å². The second-order valence-corrected chi connectivity index (χ2v) is 6.55. The first-order chi connectivity index (χ1) is 11.5. The van der Waals surface area contributed by atoms with E-state index in [4.69, 9.17) is 23.2 Å². The number of hydrogen-bond acceptors (Lipinski definition) is 2. The number of benzene rings is 2. The lowest BCUT2D eigenvalue weighted by molar-refractivity contribution is -0.128. The maximum absolute atomic E-state index is 12.9. The van der Waals surface area contributed by atoms with Gasteiger partial charge >= 0.3 is 0 Å². The van der Waals surface area contributed by atoms with Crippen molar-refractivity contribution >= 4 is 35.0 Å². The predicted octanol–water partition coefficient (Wildman–Crippen LogP) is 3.62. The molecule has 0 saturated carbocycles. The van der Waals surface area contributed by atoms with Crippen LogP contribution in [0.5, 0.6) is 0 Å². The Labute approximate surface area is 150 Å². The number of rotatable bonds is 2. The van der Waals surface area contributed by atoms with E-state index in [9.17, 15) is 9.59 Å². The molecular formula is C18H16Cl2N2O2. The number of aryl methyl sites for hydroxylation is 1. The van der Waals surface area contributed by atoms with Crippen molar-refractivity contribution in [2.45, 2.75) is 13.0 Å². The van der Waals surface area contributed by atoms with Gasteiger partial charge in [0.15, 0.2) is 0 Å². The maximum atomic E-state index is 12.9. The Bertz CT molecular complexity index is 790. The molecule has 4 nitrogen and oxygen atoms in total. The smallest absolute Gasteiger partial charge is 0.254 e. The molecule has 6 heteroatoms. The highest BCUT2D eigenvalue weighted by Crippen LogP contribution is 2.28. The third kappa shape index (κ3) is 3.25. The van der Waals surface area contributed by atoms with Crippen LogP contribution in [0.2, 0.25) is 10.0 Å². The molecule has 1 fully saturated rings. The van der Waals surface area contributed by atoms with E-state index in [1.807, 2.05) is 31.2 Å². The van der Waals surface area contributed by atoms with Crippen LogP contribution in [-0.2, 0) is 4.79 Å². The summed E-state index contributed by atoms with van der Waals surface area (Å²) in [5.74, 6) is -0.424. The Balaban J connectivity index is 1.96. The second kappa shape index (κ2) is 6.83. The Morgan fingerprint density at radius 1 is 1.12 bits per heavy atom. The second-order valence-electron chi connectivity index (χ2n) is 5.73. The summed E-state index contributed by atoms with van der Waals surface area (Å²) in [4.78, 5) is 26.9. The molecule has 2 aromatic rings. The van der Waals surface area contributed by atoms with Crippen LogP contribution >= 0.6 is 23.2 Å². The van der Waals surface area contributed by atoms with Crippen LogP contribution in [0.15, 0.2) is 42.5 Å². The van der Waals surface area contributed by atoms with Gasteiger partial charge in [-0.1, -0.05) is 53.0 Å². The summed E-state index contributed by atoms with van der Waals surface area (Å²) < 4.78 is 0. The third-order valence-electron chi connectivity index (χ3n) is 4.03. The number of carbonyl (C=O) groups excluding carboxylic acids is 2. The average molecular weight is 363 g/mol. The fourth-order valence-electron chi connectivity index (χ4n) is 2.76. The molecule has 0 aromatic heterocycles. The summed E-state index contributed by atoms with van der Waals surface area (Å²) >= 11 is 11.9. The lowest BCUT2D eigenvalue weighted by Gasteiger charge is -2.35. The molecule has 1 N–H and O–H groups in total. The summed E-state index contributed by atoms with van der Waals surface area (Å²) in [7, 11) is 0. The van der Waals surface area contributed by atoms with Crippen LogP contribution in [0.3, 0.4) is 0 Å². The van der Waals surface area contributed by atoms with Crippen LogP contribution in [0, 0.1) is 6.92 Å². The van der Waals surface area contributed by atoms with Gasteiger partial charge in [-0.3, -0.25) is 9.59 Å². The lowest BCUT2D eigenvalue weighted by Crippen LogP contribution is -2.52. The molecule has 1 aliphatic heterocycles. The van der Waals surface area contributed by atoms with E-state index in [1.54, 1.807) is 17.0 Å². The molecule has 1 unspecified atom stereocenters. The van der Waals surface area contributed by atoms with Crippen molar-refractivity contribution in [3.8, 4) is 0 Å². The molecule has 0 aliphatic carbocycles. The number of halogens is 2. The number of amides is 2. The summed E-state index contributed by atoms with van der Waals surface area (Å²) in [6.45, 7) is 2.83. The quantitative estimate of drug-likeness (QED) is 0.886. The Hall–Kier alpha value is -2.04. The fraction of sp³-hybridized carbons (Fsp3) is 0.222. The number of carbonyl (C=O) groups is 2. The topological polar surface area (TPSA) is 49.4 Å². The van der Waals surface area contributed by atoms with Crippen molar-refractivity contribution in [3.63, 3.8) is 0 Å². The van der Waals surface area contributed by atoms with E-state index in [1.165, 1.54) is 6.07 Å². The molecule has 2 aromatic carbocycles. The normalized spacial score (nSPS) is 17.5. The van der Waals surface area contributed by atoms with Crippen LogP contribution in [0.25, 0.3) is 0 Å². The zero-order valence-electron chi connectivity index (χ0n) is 13.1. The van der Waals surface area contributed by atoms with Crippen molar-refractivity contribution in [2.75, 3.05) is 13.1 Å². The summed E-state index contributed by atoms with van der Waals surface area (Å²) in [5.41, 5.74) is 2.29. The summed E-state index contributed by atoms with van der Waals surface area (Å²) in [6, 6.07) is 11.7. The van der Waals surface area contributed by atoms with E-state index in [0.29, 0.717) is 28.7 Å². The van der Waals surface area contributed by atoms with Crippen molar-refractivity contribution in [1.29, 1.82) is 0 Å². The van der Waals surface area contributed by atoms with Gasteiger partial charge in [-0.25, -0.2) is 0 Å². The minimum atomic E-state index is -0.652. The predicted molar refractivity (Wildman–Crippen MR) is 94.4 cm³/mol. The van der Waals surface area contributed by atoms with Crippen LogP contribution in [0.4, 0.5) is 0 Å². The van der Waals surface area contributed by atoms with Crippen LogP contribution < -0.4 is 5.32 Å². The minimum Gasteiger partial charge on any atom is -0.352 e. The average Bonchev–Trinajstić information content (AvgIpc) is 2.57. The molecule has 2 amide bonds. The van der Waals surface area contributed by atoms with E-state index in [0.717, 1.165) is 11.1 Å². The highest BCUT2D eigenvalue weighted by atomic mass is 35.5. The molecule has 0 radical (unpaired) electrons. The zero-order valence-corrected chi connectivity index (χ0v) is 14.6. The summed E-state index contributed by atoms with van der Waals surface area (Å²) in [6.07, 6.45) is 0. The number of nitrogens with zero attached hydrogens (tertiary/aromatic N) is 1. The highest BCUT2D eigenvalue weighted by Gasteiger charge is 2.34. The molecule has 0 bridgehead atoms. The first-order valence-electron chi connectivity index (χ1n) is 7.57. The molecule has 0 spiro atoms. The SMILES string of the molecule is Cc1ccc(C2C(=O)NCCN2C(=O)c2ccc(Cl)c(Cl)c2)cc1. The number of piperazine rings is 1. The van der Waals surface area contributed by atoms with Crippen molar-refractivity contribution in [1.82, 2.24) is 10.2 Å². The van der Waals surface area contributed by atoms with Gasteiger partial charge in [0.2, 0.25) is 5.91 Å². The van der Waals surface area contributed by atoms with Gasteiger partial charge in [-0.15, -0.1) is 0 Å². The highest BCUT2D eigenvalue weighted by molar-refractivity contribution is 6.42. The molecule has 24 heavy (non-hydrogen) atoms. The molecule has 3 rings (SSSR count). The lowest BCUT2D eigenvalue weighted by atomic mass is 10.00. The molecule has 1 heterocycles. The maximum Gasteiger partial charge on any atom is 0.254 e. The molecule has 1 saturated heterocycles. The van der Waals surface area contributed by atoms with Crippen molar-refractivity contribution in [2.24, 2.45) is 0 Å². The fourth-order valence-corrected chi connectivity index (χ4v) is 3.06. The molecular weight excluding hydrogens is 347 g/mol. The Kier molecular flexibility index (Phi) is 4.78. The standard InChI is InChI=1S/C18H16Cl2N2O2/c1-11-2-4-12(5-3-11)16-17(23)21-8-9-22(16)18(24)13-6-7-14(19)15(20)10-13/h2-7,10,16H,8-9H2,1H3,(H,21,23). The Morgan fingerprint density at radius 2 is 1.83 bits per heavy atom. The minimum absolute atomic E-state index is 0.182. The summed E-state index contributed by atoms with van der Waals surface area (Å²) in [5, 5.41) is 3.53. The van der Waals surface area contributed by atoms with Gasteiger partial charge in [0, 0.05) is 18.7 Å². The molecule has 1 aliphatic rings. The van der Waals surface area contributed by atoms with Gasteiger partial charge < -0.3 is 10.2 Å². The van der Waals surface area contributed by atoms with Crippen molar-refractivity contribution in [3.05, 3.63) is 69.2 Å². The molecule has 1 atom stereocenters. The Morgan fingerprint density at radius 3 is 2.50 bits per heavy atom. The number of hydrogen-bond donors (Lipinski definition) is 1. The van der Waals surface area contributed by atoms with Gasteiger partial charge in [0.25, 0.3) is 5.91 Å². The van der Waals surface area contributed by atoms with Crippen LogP contribution in [0.1, 0.15) is 27.5 Å². The van der Waals surface area contributed by atoms with E-state index in [-0.39, 0.29) is 11.8 Å². The van der Waals surface area contributed by atoms with Crippen molar-refractivity contribution < 1.29 is 9.59 Å².